The number of benzene rings is 1. The number of nitrogens with two attached hydrogens (primary N) is 1. The fraction of sp³-hybridized carbons (Fsp3) is 0.562. The first-order valence-corrected chi connectivity index (χ1v) is 7.60. The fourth-order valence-electron chi connectivity index (χ4n) is 2.49. The van der Waals surface area contributed by atoms with Gasteiger partial charge in [-0.3, -0.25) is 0 Å². The van der Waals surface area contributed by atoms with Crippen LogP contribution in [0.3, 0.4) is 0 Å². The lowest BCUT2D eigenvalue weighted by molar-refractivity contribution is 0.0166. The van der Waals surface area contributed by atoms with E-state index in [1.807, 2.05) is 45.0 Å². The maximum absolute atomic E-state index is 12.1. The lowest BCUT2D eigenvalue weighted by Crippen LogP contribution is -2.50. The van der Waals surface area contributed by atoms with Gasteiger partial charge in [-0.15, -0.1) is 12.4 Å². The third kappa shape index (κ3) is 4.77. The Labute approximate surface area is 143 Å². The first kappa shape index (κ1) is 19.1. The van der Waals surface area contributed by atoms with E-state index in [4.69, 9.17) is 22.1 Å². The van der Waals surface area contributed by atoms with E-state index >= 15 is 0 Å². The zero-order chi connectivity index (χ0) is 15.7. The van der Waals surface area contributed by atoms with Gasteiger partial charge in [0.1, 0.15) is 5.60 Å². The summed E-state index contributed by atoms with van der Waals surface area (Å²) in [4.78, 5) is 13.8. The molecule has 0 aromatic heterocycles. The number of hydrogen-bond acceptors (Lipinski definition) is 3. The van der Waals surface area contributed by atoms with Crippen molar-refractivity contribution < 1.29 is 9.53 Å². The van der Waals surface area contributed by atoms with Crippen LogP contribution in [0.4, 0.5) is 4.79 Å². The van der Waals surface area contributed by atoms with E-state index in [-0.39, 0.29) is 18.5 Å². The second kappa shape index (κ2) is 7.07. The summed E-state index contributed by atoms with van der Waals surface area (Å²) in [7, 11) is 0. The summed E-state index contributed by atoms with van der Waals surface area (Å²) >= 11 is 5.91. The average molecular weight is 347 g/mol. The molecule has 1 heterocycles. The van der Waals surface area contributed by atoms with E-state index in [9.17, 15) is 4.79 Å². The zero-order valence-corrected chi connectivity index (χ0v) is 14.8. The molecule has 1 aliphatic heterocycles. The number of piperidine rings is 1. The van der Waals surface area contributed by atoms with Gasteiger partial charge in [-0.05, 0) is 51.3 Å². The number of carbonyl (C=O) groups excluding carboxylic acids is 1. The molecule has 0 spiro atoms. The molecule has 124 valence electrons. The van der Waals surface area contributed by atoms with E-state index in [0.29, 0.717) is 31.0 Å². The van der Waals surface area contributed by atoms with E-state index in [1.54, 1.807) is 4.90 Å². The quantitative estimate of drug-likeness (QED) is 0.837. The largest absolute Gasteiger partial charge is 0.444 e. The molecule has 0 atom stereocenters. The molecular weight excluding hydrogens is 323 g/mol. The number of amides is 1. The Morgan fingerprint density at radius 1 is 1.23 bits per heavy atom. The molecule has 0 bridgehead atoms. The predicted octanol–water partition coefficient (Wildman–Crippen LogP) is 3.95. The van der Waals surface area contributed by atoms with Crippen LogP contribution in [0.2, 0.25) is 5.02 Å². The number of ether oxygens (including phenoxy) is 1. The van der Waals surface area contributed by atoms with E-state index in [0.717, 1.165) is 5.56 Å². The van der Waals surface area contributed by atoms with Gasteiger partial charge in [0.2, 0.25) is 0 Å². The minimum Gasteiger partial charge on any atom is -0.444 e. The molecule has 1 amide bonds. The van der Waals surface area contributed by atoms with E-state index in [1.165, 1.54) is 0 Å². The molecule has 2 N–H and O–H groups in total. The third-order valence-electron chi connectivity index (χ3n) is 3.73. The highest BCUT2D eigenvalue weighted by molar-refractivity contribution is 6.30. The Morgan fingerprint density at radius 2 is 1.73 bits per heavy atom. The second-order valence-electron chi connectivity index (χ2n) is 6.63. The molecule has 0 aliphatic carbocycles. The molecule has 1 saturated heterocycles. The van der Waals surface area contributed by atoms with Crippen LogP contribution in [0.15, 0.2) is 24.3 Å². The first-order valence-electron chi connectivity index (χ1n) is 7.22. The lowest BCUT2D eigenvalue weighted by Gasteiger charge is -2.39. The van der Waals surface area contributed by atoms with E-state index < -0.39 is 11.1 Å². The van der Waals surface area contributed by atoms with Gasteiger partial charge in [0.05, 0.1) is 0 Å². The molecule has 0 radical (unpaired) electrons. The summed E-state index contributed by atoms with van der Waals surface area (Å²) in [6, 6.07) is 7.63. The van der Waals surface area contributed by atoms with Crippen molar-refractivity contribution >= 4 is 30.1 Å². The lowest BCUT2D eigenvalue weighted by atomic mass is 9.82. The van der Waals surface area contributed by atoms with Crippen LogP contribution in [0, 0.1) is 0 Å². The zero-order valence-electron chi connectivity index (χ0n) is 13.3. The highest BCUT2D eigenvalue weighted by Gasteiger charge is 2.35. The summed E-state index contributed by atoms with van der Waals surface area (Å²) in [6.45, 7) is 6.82. The summed E-state index contributed by atoms with van der Waals surface area (Å²) in [5.74, 6) is 0. The molecule has 1 aromatic carbocycles. The van der Waals surface area contributed by atoms with Crippen LogP contribution in [0.5, 0.6) is 0 Å². The van der Waals surface area contributed by atoms with Crippen LogP contribution < -0.4 is 5.73 Å². The van der Waals surface area contributed by atoms with Gasteiger partial charge in [0.15, 0.2) is 0 Å². The monoisotopic (exact) mass is 346 g/mol. The van der Waals surface area contributed by atoms with Gasteiger partial charge >= 0.3 is 6.09 Å². The topological polar surface area (TPSA) is 55.6 Å². The summed E-state index contributed by atoms with van der Waals surface area (Å²) in [6.07, 6.45) is 1.17. The van der Waals surface area contributed by atoms with Crippen LogP contribution >= 0.6 is 24.0 Å². The van der Waals surface area contributed by atoms with Crippen LogP contribution in [-0.4, -0.2) is 29.7 Å². The number of hydrogen-bond donors (Lipinski definition) is 1. The molecule has 0 saturated carbocycles. The Bertz CT molecular complexity index is 504. The maximum atomic E-state index is 12.1. The van der Waals surface area contributed by atoms with Gasteiger partial charge in [-0.2, -0.15) is 0 Å². The third-order valence-corrected chi connectivity index (χ3v) is 3.98. The van der Waals surface area contributed by atoms with Gasteiger partial charge in [0.25, 0.3) is 0 Å². The van der Waals surface area contributed by atoms with Crippen molar-refractivity contribution in [3.8, 4) is 0 Å². The fourth-order valence-corrected chi connectivity index (χ4v) is 2.61. The van der Waals surface area contributed by atoms with Crippen molar-refractivity contribution in [1.29, 1.82) is 0 Å². The Morgan fingerprint density at radius 3 is 2.18 bits per heavy atom. The summed E-state index contributed by atoms with van der Waals surface area (Å²) < 4.78 is 5.40. The van der Waals surface area contributed by atoms with Crippen LogP contribution in [0.25, 0.3) is 0 Å². The van der Waals surface area contributed by atoms with Crippen molar-refractivity contribution in [2.75, 3.05) is 13.1 Å². The predicted molar refractivity (Wildman–Crippen MR) is 91.6 cm³/mol. The molecule has 1 aliphatic rings. The van der Waals surface area contributed by atoms with Crippen molar-refractivity contribution in [2.45, 2.75) is 44.8 Å². The SMILES string of the molecule is CC(C)(C)OC(=O)N1CCC(N)(c2ccc(Cl)cc2)CC1.Cl. The van der Waals surface area contributed by atoms with Crippen molar-refractivity contribution in [3.63, 3.8) is 0 Å². The van der Waals surface area contributed by atoms with Crippen molar-refractivity contribution in [2.24, 2.45) is 5.73 Å². The number of halogens is 2. The maximum Gasteiger partial charge on any atom is 0.410 e. The summed E-state index contributed by atoms with van der Waals surface area (Å²) in [5, 5.41) is 0.702. The van der Waals surface area contributed by atoms with Crippen LogP contribution in [0.1, 0.15) is 39.2 Å². The number of rotatable bonds is 1. The van der Waals surface area contributed by atoms with Gasteiger partial charge < -0.3 is 15.4 Å². The molecule has 6 heteroatoms. The highest BCUT2D eigenvalue weighted by atomic mass is 35.5. The molecule has 1 aromatic rings. The molecular formula is C16H24Cl2N2O2. The minimum absolute atomic E-state index is 0. The molecule has 22 heavy (non-hydrogen) atoms. The van der Waals surface area contributed by atoms with Crippen molar-refractivity contribution in [1.82, 2.24) is 4.90 Å². The Hall–Kier alpha value is -0.970. The number of carbonyl (C=O) groups is 1. The highest BCUT2D eigenvalue weighted by Crippen LogP contribution is 2.31. The number of nitrogens with zero attached hydrogens (tertiary/aromatic N) is 1. The Kier molecular flexibility index (Phi) is 6.13. The smallest absolute Gasteiger partial charge is 0.410 e. The standard InChI is InChI=1S/C16H23ClN2O2.ClH/c1-15(2,3)21-14(20)19-10-8-16(18,9-11-19)12-4-6-13(17)7-5-12;/h4-7H,8-11,18H2,1-3H3;1H. The average Bonchev–Trinajstić information content (AvgIpc) is 2.38. The molecule has 2 rings (SSSR count). The second-order valence-corrected chi connectivity index (χ2v) is 7.07. The Balaban J connectivity index is 0.00000242. The van der Waals surface area contributed by atoms with E-state index in [2.05, 4.69) is 0 Å². The normalized spacial score (nSPS) is 17.6. The minimum atomic E-state index is -0.468. The van der Waals surface area contributed by atoms with Gasteiger partial charge in [-0.1, -0.05) is 23.7 Å². The van der Waals surface area contributed by atoms with Gasteiger partial charge in [0, 0.05) is 23.7 Å². The molecule has 1 fully saturated rings. The van der Waals surface area contributed by atoms with Crippen molar-refractivity contribution in [3.05, 3.63) is 34.9 Å². The van der Waals surface area contributed by atoms with Gasteiger partial charge in [-0.25, -0.2) is 4.79 Å². The molecule has 4 nitrogen and oxygen atoms in total. The number of likely N-dealkylation sites (tertiary alicyclic amines) is 1. The van der Waals surface area contributed by atoms with Crippen LogP contribution in [-0.2, 0) is 10.3 Å². The first-order chi connectivity index (χ1) is 9.70. The molecule has 0 unspecified atom stereocenters. The summed E-state index contributed by atoms with van der Waals surface area (Å²) in [5.41, 5.74) is 6.70.